The van der Waals surface area contributed by atoms with Gasteiger partial charge >= 0.3 is 0 Å². The summed E-state index contributed by atoms with van der Waals surface area (Å²) in [6.07, 6.45) is 1.51. The Morgan fingerprint density at radius 3 is 3.12 bits per heavy atom. The third kappa shape index (κ3) is 1.39. The van der Waals surface area contributed by atoms with Crippen LogP contribution in [0.25, 0.3) is 15.9 Å². The Morgan fingerprint density at radius 1 is 1.31 bits per heavy atom. The lowest BCUT2D eigenvalue weighted by Gasteiger charge is -2.03. The molecule has 16 heavy (non-hydrogen) atoms. The summed E-state index contributed by atoms with van der Waals surface area (Å²) in [6.45, 7) is 0.370. The minimum atomic E-state index is 0.370. The van der Waals surface area contributed by atoms with Crippen LogP contribution in [0.2, 0.25) is 0 Å². The van der Waals surface area contributed by atoms with Crippen LogP contribution in [0.1, 0.15) is 5.82 Å². The molecule has 6 heteroatoms. The molecule has 0 aliphatic heterocycles. The molecule has 2 N–H and O–H groups in total. The summed E-state index contributed by atoms with van der Waals surface area (Å²) in [5, 5.41) is 4.15. The van der Waals surface area contributed by atoms with Gasteiger partial charge in [0.25, 0.3) is 0 Å². The Balaban J connectivity index is 2.18. The number of aromatic nitrogens is 4. The van der Waals surface area contributed by atoms with Crippen molar-refractivity contribution in [3.63, 3.8) is 0 Å². The van der Waals surface area contributed by atoms with Crippen LogP contribution in [-0.2, 0) is 6.54 Å². The molecule has 0 aliphatic rings. The van der Waals surface area contributed by atoms with Gasteiger partial charge in [0.1, 0.15) is 12.2 Å². The van der Waals surface area contributed by atoms with Gasteiger partial charge in [0.15, 0.2) is 0 Å². The molecule has 0 atom stereocenters. The van der Waals surface area contributed by atoms with Gasteiger partial charge in [0.05, 0.1) is 28.0 Å². The molecule has 3 rings (SSSR count). The average Bonchev–Trinajstić information content (AvgIpc) is 2.96. The summed E-state index contributed by atoms with van der Waals surface area (Å²) in [5.74, 6) is 0.745. The molecule has 0 unspecified atom stereocenters. The molecule has 0 radical (unpaired) electrons. The van der Waals surface area contributed by atoms with Crippen molar-refractivity contribution in [2.24, 2.45) is 5.73 Å². The van der Waals surface area contributed by atoms with Gasteiger partial charge in [-0.3, -0.25) is 0 Å². The zero-order valence-electron chi connectivity index (χ0n) is 8.37. The topological polar surface area (TPSA) is 69.6 Å². The van der Waals surface area contributed by atoms with Crippen LogP contribution in [0.4, 0.5) is 0 Å². The van der Waals surface area contributed by atoms with E-state index in [9.17, 15) is 0 Å². The predicted octanol–water partition coefficient (Wildman–Crippen LogP) is 1.34. The van der Waals surface area contributed by atoms with Crippen LogP contribution in [0.5, 0.6) is 0 Å². The summed E-state index contributed by atoms with van der Waals surface area (Å²) in [5.41, 5.74) is 9.34. The molecule has 2 aromatic heterocycles. The highest BCUT2D eigenvalue weighted by molar-refractivity contribution is 7.16. The van der Waals surface area contributed by atoms with Crippen molar-refractivity contribution in [1.82, 2.24) is 19.7 Å². The van der Waals surface area contributed by atoms with E-state index >= 15 is 0 Å². The fourth-order valence-electron chi connectivity index (χ4n) is 1.60. The van der Waals surface area contributed by atoms with Gasteiger partial charge in [-0.05, 0) is 18.2 Å². The van der Waals surface area contributed by atoms with E-state index in [2.05, 4.69) is 15.1 Å². The highest BCUT2D eigenvalue weighted by atomic mass is 32.1. The van der Waals surface area contributed by atoms with Crippen molar-refractivity contribution in [3.05, 3.63) is 35.9 Å². The fraction of sp³-hybridized carbons (Fsp3) is 0.100. The second-order valence-corrected chi connectivity index (χ2v) is 4.18. The van der Waals surface area contributed by atoms with Gasteiger partial charge in [-0.2, -0.15) is 5.10 Å². The Bertz CT molecular complexity index is 627. The summed E-state index contributed by atoms with van der Waals surface area (Å²) < 4.78 is 2.90. The maximum absolute atomic E-state index is 5.59. The SMILES string of the molecule is NCc1ncnn1-c1ccc2scnc2c1. The average molecular weight is 231 g/mol. The normalized spacial score (nSPS) is 11.1. The van der Waals surface area contributed by atoms with Crippen LogP contribution in [0, 0.1) is 0 Å². The number of thiazole rings is 1. The number of rotatable bonds is 2. The molecule has 0 aliphatic carbocycles. The molecular weight excluding hydrogens is 222 g/mol. The summed E-state index contributed by atoms with van der Waals surface area (Å²) >= 11 is 1.62. The highest BCUT2D eigenvalue weighted by Crippen LogP contribution is 2.20. The standard InChI is InChI=1S/C10H9N5S/c11-4-10-12-5-14-15(10)7-1-2-9-8(3-7)13-6-16-9/h1-3,5-6H,4,11H2. The smallest absolute Gasteiger partial charge is 0.145 e. The van der Waals surface area contributed by atoms with Crippen molar-refractivity contribution < 1.29 is 0 Å². The maximum atomic E-state index is 5.59. The first-order chi connectivity index (χ1) is 7.88. The van der Waals surface area contributed by atoms with Gasteiger partial charge in [-0.15, -0.1) is 11.3 Å². The Labute approximate surface area is 95.6 Å². The monoisotopic (exact) mass is 231 g/mol. The van der Waals surface area contributed by atoms with E-state index in [1.807, 2.05) is 23.7 Å². The van der Waals surface area contributed by atoms with Crippen molar-refractivity contribution in [2.45, 2.75) is 6.54 Å². The third-order valence-corrected chi connectivity index (χ3v) is 3.17. The molecule has 5 nitrogen and oxygen atoms in total. The molecule has 0 fully saturated rings. The number of fused-ring (bicyclic) bond motifs is 1. The molecule has 2 heterocycles. The van der Waals surface area contributed by atoms with Gasteiger partial charge in [0.2, 0.25) is 0 Å². The van der Waals surface area contributed by atoms with Crippen molar-refractivity contribution in [2.75, 3.05) is 0 Å². The summed E-state index contributed by atoms with van der Waals surface area (Å²) in [7, 11) is 0. The number of nitrogens with two attached hydrogens (primary N) is 1. The molecule has 80 valence electrons. The maximum Gasteiger partial charge on any atom is 0.145 e. The molecule has 1 aromatic carbocycles. The van der Waals surface area contributed by atoms with Gasteiger partial charge in [0, 0.05) is 0 Å². The zero-order chi connectivity index (χ0) is 11.0. The second-order valence-electron chi connectivity index (χ2n) is 3.30. The molecule has 3 aromatic rings. The van der Waals surface area contributed by atoms with E-state index in [1.165, 1.54) is 6.33 Å². The summed E-state index contributed by atoms with van der Waals surface area (Å²) in [4.78, 5) is 8.36. The molecule has 0 bridgehead atoms. The third-order valence-electron chi connectivity index (χ3n) is 2.36. The van der Waals surface area contributed by atoms with Crippen molar-refractivity contribution >= 4 is 21.6 Å². The van der Waals surface area contributed by atoms with Crippen molar-refractivity contribution in [1.29, 1.82) is 0 Å². The first kappa shape index (κ1) is 9.44. The molecular formula is C10H9N5S. The van der Waals surface area contributed by atoms with Gasteiger partial charge in [-0.1, -0.05) is 0 Å². The first-order valence-corrected chi connectivity index (χ1v) is 5.69. The minimum absolute atomic E-state index is 0.370. The number of nitrogens with zero attached hydrogens (tertiary/aromatic N) is 4. The van der Waals surface area contributed by atoms with Crippen LogP contribution >= 0.6 is 11.3 Å². The molecule has 0 spiro atoms. The van der Waals surface area contributed by atoms with Crippen LogP contribution in [0.3, 0.4) is 0 Å². The van der Waals surface area contributed by atoms with E-state index in [0.29, 0.717) is 6.54 Å². The number of hydrogen-bond acceptors (Lipinski definition) is 5. The second kappa shape index (κ2) is 3.66. The van der Waals surface area contributed by atoms with Gasteiger partial charge in [-0.25, -0.2) is 14.6 Å². The molecule has 0 saturated carbocycles. The lowest BCUT2D eigenvalue weighted by Crippen LogP contribution is -2.07. The lowest BCUT2D eigenvalue weighted by molar-refractivity contribution is 0.790. The Hall–Kier alpha value is -1.79. The van der Waals surface area contributed by atoms with E-state index in [1.54, 1.807) is 16.0 Å². The number of hydrogen-bond donors (Lipinski definition) is 1. The lowest BCUT2D eigenvalue weighted by atomic mass is 10.3. The number of benzene rings is 1. The van der Waals surface area contributed by atoms with Gasteiger partial charge < -0.3 is 5.73 Å². The Morgan fingerprint density at radius 2 is 2.25 bits per heavy atom. The van der Waals surface area contributed by atoms with Crippen LogP contribution in [0.15, 0.2) is 30.0 Å². The largest absolute Gasteiger partial charge is 0.324 e. The quantitative estimate of drug-likeness (QED) is 0.722. The Kier molecular flexibility index (Phi) is 2.16. The minimum Gasteiger partial charge on any atom is -0.324 e. The highest BCUT2D eigenvalue weighted by Gasteiger charge is 2.06. The van der Waals surface area contributed by atoms with Crippen LogP contribution in [-0.4, -0.2) is 19.7 Å². The summed E-state index contributed by atoms with van der Waals surface area (Å²) in [6, 6.07) is 6.01. The van der Waals surface area contributed by atoms with E-state index < -0.39 is 0 Å². The van der Waals surface area contributed by atoms with E-state index in [-0.39, 0.29) is 0 Å². The van der Waals surface area contributed by atoms with E-state index in [0.717, 1.165) is 21.7 Å². The van der Waals surface area contributed by atoms with Crippen molar-refractivity contribution in [3.8, 4) is 5.69 Å². The fourth-order valence-corrected chi connectivity index (χ4v) is 2.26. The van der Waals surface area contributed by atoms with E-state index in [4.69, 9.17) is 5.73 Å². The van der Waals surface area contributed by atoms with Crippen LogP contribution < -0.4 is 5.73 Å². The predicted molar refractivity (Wildman–Crippen MR) is 62.4 cm³/mol. The first-order valence-electron chi connectivity index (χ1n) is 4.81. The zero-order valence-corrected chi connectivity index (χ0v) is 9.18. The molecule has 0 amide bonds. The molecule has 0 saturated heterocycles.